The highest BCUT2D eigenvalue weighted by atomic mass is 35.5. The van der Waals surface area contributed by atoms with Gasteiger partial charge in [0.05, 0.1) is 27.2 Å². The summed E-state index contributed by atoms with van der Waals surface area (Å²) in [4.78, 5) is 12.4. The van der Waals surface area contributed by atoms with E-state index < -0.39 is 5.97 Å². The second-order valence-corrected chi connectivity index (χ2v) is 7.61. The third kappa shape index (κ3) is 6.05. The summed E-state index contributed by atoms with van der Waals surface area (Å²) in [6, 6.07) is 16.8. The lowest BCUT2D eigenvalue weighted by atomic mass is 10.2. The Hall–Kier alpha value is -2.40. The molecular weight excluding hydrogens is 447 g/mol. The summed E-state index contributed by atoms with van der Waals surface area (Å²) in [6.45, 7) is 2.81. The fourth-order valence-electron chi connectivity index (χ4n) is 2.47. The van der Waals surface area contributed by atoms with Crippen molar-refractivity contribution in [1.82, 2.24) is 0 Å². The van der Waals surface area contributed by atoms with Gasteiger partial charge in [0.2, 0.25) is 0 Å². The molecule has 0 bridgehead atoms. The van der Waals surface area contributed by atoms with Gasteiger partial charge in [-0.05, 0) is 61.0 Å². The molecule has 0 atom stereocenters. The van der Waals surface area contributed by atoms with Crippen LogP contribution in [0, 0.1) is 0 Å². The predicted octanol–water partition coefficient (Wildman–Crippen LogP) is 7.84. The Morgan fingerprint density at radius 1 is 0.800 bits per heavy atom. The van der Waals surface area contributed by atoms with E-state index in [4.69, 9.17) is 49.0 Å². The summed E-state index contributed by atoms with van der Waals surface area (Å²) in [5, 5.41) is 0.720. The molecule has 0 radical (unpaired) electrons. The van der Waals surface area contributed by atoms with Crippen LogP contribution >= 0.6 is 34.8 Å². The molecule has 3 rings (SSSR count). The fraction of sp³-hybridized carbons (Fsp3) is 0.174. The molecule has 0 spiro atoms. The monoisotopic (exact) mass is 464 g/mol. The molecule has 0 aliphatic carbocycles. The molecule has 0 heterocycles. The van der Waals surface area contributed by atoms with E-state index in [1.807, 2.05) is 24.3 Å². The van der Waals surface area contributed by atoms with Crippen LogP contribution < -0.4 is 14.2 Å². The van der Waals surface area contributed by atoms with Gasteiger partial charge in [0.25, 0.3) is 0 Å². The van der Waals surface area contributed by atoms with E-state index in [-0.39, 0.29) is 20.8 Å². The van der Waals surface area contributed by atoms with Crippen LogP contribution in [0.3, 0.4) is 0 Å². The Morgan fingerprint density at radius 3 is 2.00 bits per heavy atom. The first-order chi connectivity index (χ1) is 14.5. The second kappa shape index (κ2) is 10.6. The quantitative estimate of drug-likeness (QED) is 0.147. The Labute approximate surface area is 190 Å². The van der Waals surface area contributed by atoms with Crippen LogP contribution in [0.1, 0.15) is 30.1 Å². The minimum absolute atomic E-state index is 0.137. The van der Waals surface area contributed by atoms with Crippen LogP contribution in [0.2, 0.25) is 15.1 Å². The standard InChI is InChI=1S/C23H19Cl3O4/c1-2-3-12-28-16-8-10-18(11-9-16)29-17-6-4-15(5-7-17)23(27)30-22-14-20(25)19(24)13-21(22)26/h4-11,13-14H,2-3,12H2,1H3. The highest BCUT2D eigenvalue weighted by Gasteiger charge is 2.14. The minimum Gasteiger partial charge on any atom is -0.494 e. The lowest BCUT2D eigenvalue weighted by Gasteiger charge is -2.10. The van der Waals surface area contributed by atoms with Gasteiger partial charge in [-0.1, -0.05) is 48.1 Å². The maximum absolute atomic E-state index is 12.4. The zero-order chi connectivity index (χ0) is 21.5. The van der Waals surface area contributed by atoms with Crippen molar-refractivity contribution in [3.05, 3.63) is 81.3 Å². The maximum Gasteiger partial charge on any atom is 0.343 e. The van der Waals surface area contributed by atoms with Crippen molar-refractivity contribution in [2.75, 3.05) is 6.61 Å². The molecule has 7 heteroatoms. The number of hydrogen-bond acceptors (Lipinski definition) is 4. The van der Waals surface area contributed by atoms with Crippen LogP contribution in [0.4, 0.5) is 0 Å². The Morgan fingerprint density at radius 2 is 1.37 bits per heavy atom. The maximum atomic E-state index is 12.4. The van der Waals surface area contributed by atoms with Gasteiger partial charge >= 0.3 is 5.97 Å². The third-order valence-electron chi connectivity index (χ3n) is 4.09. The summed E-state index contributed by atoms with van der Waals surface area (Å²) in [6.07, 6.45) is 2.11. The number of rotatable bonds is 8. The average Bonchev–Trinajstić information content (AvgIpc) is 2.74. The summed E-state index contributed by atoms with van der Waals surface area (Å²) in [5.74, 6) is 1.61. The van der Waals surface area contributed by atoms with Gasteiger partial charge in [0.15, 0.2) is 5.75 Å². The Kier molecular flexibility index (Phi) is 7.86. The number of carbonyl (C=O) groups excluding carboxylic acids is 1. The second-order valence-electron chi connectivity index (χ2n) is 6.39. The smallest absolute Gasteiger partial charge is 0.343 e. The van der Waals surface area contributed by atoms with Gasteiger partial charge in [-0.15, -0.1) is 0 Å². The first kappa shape index (κ1) is 22.3. The minimum atomic E-state index is -0.574. The molecular formula is C23H19Cl3O4. The van der Waals surface area contributed by atoms with E-state index in [0.717, 1.165) is 18.6 Å². The van der Waals surface area contributed by atoms with E-state index in [0.29, 0.717) is 23.7 Å². The number of unbranched alkanes of at least 4 members (excludes halogenated alkanes) is 1. The molecule has 0 aliphatic heterocycles. The van der Waals surface area contributed by atoms with Gasteiger partial charge < -0.3 is 14.2 Å². The van der Waals surface area contributed by atoms with Crippen molar-refractivity contribution < 1.29 is 19.0 Å². The lowest BCUT2D eigenvalue weighted by Crippen LogP contribution is -2.08. The zero-order valence-corrected chi connectivity index (χ0v) is 18.4. The van der Waals surface area contributed by atoms with Gasteiger partial charge in [0, 0.05) is 6.07 Å². The average molecular weight is 466 g/mol. The van der Waals surface area contributed by atoms with Gasteiger partial charge in [-0.3, -0.25) is 0 Å². The molecule has 0 unspecified atom stereocenters. The van der Waals surface area contributed by atoms with E-state index in [2.05, 4.69) is 6.92 Å². The first-order valence-corrected chi connectivity index (χ1v) is 10.5. The molecule has 0 amide bonds. The molecule has 0 aliphatic rings. The van der Waals surface area contributed by atoms with E-state index in [1.165, 1.54) is 12.1 Å². The molecule has 156 valence electrons. The molecule has 0 saturated heterocycles. The van der Waals surface area contributed by atoms with Crippen LogP contribution in [-0.2, 0) is 0 Å². The van der Waals surface area contributed by atoms with Crippen molar-refractivity contribution in [1.29, 1.82) is 0 Å². The SMILES string of the molecule is CCCCOc1ccc(Oc2ccc(C(=O)Oc3cc(Cl)c(Cl)cc3Cl)cc2)cc1. The van der Waals surface area contributed by atoms with Crippen LogP contribution in [0.25, 0.3) is 0 Å². The first-order valence-electron chi connectivity index (χ1n) is 9.33. The number of ether oxygens (including phenoxy) is 3. The summed E-state index contributed by atoms with van der Waals surface area (Å²) in [5.41, 5.74) is 0.337. The van der Waals surface area contributed by atoms with E-state index in [9.17, 15) is 4.79 Å². The van der Waals surface area contributed by atoms with E-state index >= 15 is 0 Å². The van der Waals surface area contributed by atoms with Gasteiger partial charge in [-0.25, -0.2) is 4.79 Å². The molecule has 0 N–H and O–H groups in total. The predicted molar refractivity (Wildman–Crippen MR) is 120 cm³/mol. The largest absolute Gasteiger partial charge is 0.494 e. The highest BCUT2D eigenvalue weighted by molar-refractivity contribution is 6.43. The van der Waals surface area contributed by atoms with Crippen molar-refractivity contribution in [2.24, 2.45) is 0 Å². The molecule has 3 aromatic carbocycles. The fourth-order valence-corrected chi connectivity index (χ4v) is 3.05. The molecule has 0 fully saturated rings. The molecule has 0 aromatic heterocycles. The normalized spacial score (nSPS) is 10.5. The lowest BCUT2D eigenvalue weighted by molar-refractivity contribution is 0.0735. The number of esters is 1. The molecule has 30 heavy (non-hydrogen) atoms. The van der Waals surface area contributed by atoms with Gasteiger partial charge in [-0.2, -0.15) is 0 Å². The van der Waals surface area contributed by atoms with Crippen LogP contribution in [-0.4, -0.2) is 12.6 Å². The Bertz CT molecular complexity index is 1000. The summed E-state index contributed by atoms with van der Waals surface area (Å²) < 4.78 is 16.7. The number of benzene rings is 3. The van der Waals surface area contributed by atoms with Gasteiger partial charge in [0.1, 0.15) is 17.2 Å². The van der Waals surface area contributed by atoms with Crippen LogP contribution in [0.5, 0.6) is 23.0 Å². The number of hydrogen-bond donors (Lipinski definition) is 0. The number of carbonyl (C=O) groups is 1. The molecule has 3 aromatic rings. The summed E-state index contributed by atoms with van der Waals surface area (Å²) >= 11 is 17.9. The number of halogens is 3. The van der Waals surface area contributed by atoms with Crippen molar-refractivity contribution in [2.45, 2.75) is 19.8 Å². The topological polar surface area (TPSA) is 44.8 Å². The van der Waals surface area contributed by atoms with E-state index in [1.54, 1.807) is 24.3 Å². The van der Waals surface area contributed by atoms with Crippen molar-refractivity contribution in [3.63, 3.8) is 0 Å². The third-order valence-corrected chi connectivity index (χ3v) is 5.11. The van der Waals surface area contributed by atoms with Crippen LogP contribution in [0.15, 0.2) is 60.7 Å². The molecule has 4 nitrogen and oxygen atoms in total. The zero-order valence-electron chi connectivity index (χ0n) is 16.2. The van der Waals surface area contributed by atoms with Crippen molar-refractivity contribution in [3.8, 4) is 23.0 Å². The highest BCUT2D eigenvalue weighted by Crippen LogP contribution is 2.34. The summed E-state index contributed by atoms with van der Waals surface area (Å²) in [7, 11) is 0. The Balaban J connectivity index is 1.60. The molecule has 0 saturated carbocycles. The van der Waals surface area contributed by atoms with Crippen molar-refractivity contribution >= 4 is 40.8 Å².